The molecule has 2 aromatic carbocycles. The molecule has 1 aliphatic heterocycles. The molecule has 156 valence electrons. The van der Waals surface area contributed by atoms with Crippen LogP contribution < -0.4 is 10.1 Å². The lowest BCUT2D eigenvalue weighted by atomic mass is 10.1. The largest absolute Gasteiger partial charge is 0.495 e. The molecule has 29 heavy (non-hydrogen) atoms. The molecule has 2 aromatic rings. The van der Waals surface area contributed by atoms with E-state index in [0.717, 1.165) is 10.0 Å². The molecule has 7 nitrogen and oxygen atoms in total. The highest BCUT2D eigenvalue weighted by molar-refractivity contribution is 9.10. The molecule has 0 aromatic heterocycles. The van der Waals surface area contributed by atoms with Gasteiger partial charge in [0.15, 0.2) is 0 Å². The monoisotopic (exact) mass is 482 g/mol. The van der Waals surface area contributed by atoms with Crippen LogP contribution in [0.2, 0.25) is 0 Å². The number of benzene rings is 2. The summed E-state index contributed by atoms with van der Waals surface area (Å²) in [4.78, 5) is 12.7. The van der Waals surface area contributed by atoms with Crippen molar-refractivity contribution in [2.75, 3.05) is 33.4 Å². The number of methoxy groups -OCH3 is 1. The Hall–Kier alpha value is -1.94. The van der Waals surface area contributed by atoms with Crippen LogP contribution in [0.25, 0.3) is 0 Å². The van der Waals surface area contributed by atoms with Crippen molar-refractivity contribution in [3.05, 3.63) is 58.1 Å². The molecule has 1 atom stereocenters. The van der Waals surface area contributed by atoms with Crippen LogP contribution in [0.1, 0.15) is 28.9 Å². The van der Waals surface area contributed by atoms with E-state index in [4.69, 9.17) is 9.47 Å². The lowest BCUT2D eigenvalue weighted by Crippen LogP contribution is -2.40. The van der Waals surface area contributed by atoms with Crippen molar-refractivity contribution >= 4 is 31.9 Å². The van der Waals surface area contributed by atoms with E-state index in [9.17, 15) is 13.2 Å². The zero-order chi connectivity index (χ0) is 21.0. The molecular formula is C20H23BrN2O5S. The average Bonchev–Trinajstić information content (AvgIpc) is 2.74. The Balaban J connectivity index is 1.85. The van der Waals surface area contributed by atoms with Crippen LogP contribution in [0.3, 0.4) is 0 Å². The van der Waals surface area contributed by atoms with Crippen molar-refractivity contribution in [1.82, 2.24) is 9.62 Å². The highest BCUT2D eigenvalue weighted by Crippen LogP contribution is 2.28. The summed E-state index contributed by atoms with van der Waals surface area (Å²) in [5, 5.41) is 2.90. The van der Waals surface area contributed by atoms with E-state index >= 15 is 0 Å². The van der Waals surface area contributed by atoms with Crippen LogP contribution in [-0.2, 0) is 14.8 Å². The maximum atomic E-state index is 13.1. The number of morpholine rings is 1. The molecule has 3 rings (SSSR count). The Kier molecular flexibility index (Phi) is 6.94. The Morgan fingerprint density at radius 1 is 1.17 bits per heavy atom. The van der Waals surface area contributed by atoms with E-state index in [0.29, 0.717) is 13.2 Å². The van der Waals surface area contributed by atoms with Crippen molar-refractivity contribution in [1.29, 1.82) is 0 Å². The summed E-state index contributed by atoms with van der Waals surface area (Å²) in [5.74, 6) is -0.157. The Bertz CT molecular complexity index is 973. The Labute approximate surface area is 179 Å². The van der Waals surface area contributed by atoms with Crippen molar-refractivity contribution in [3.63, 3.8) is 0 Å². The number of hydrogen-bond donors (Lipinski definition) is 1. The van der Waals surface area contributed by atoms with Crippen molar-refractivity contribution in [3.8, 4) is 5.75 Å². The van der Waals surface area contributed by atoms with Gasteiger partial charge in [-0.15, -0.1) is 0 Å². The Morgan fingerprint density at radius 2 is 1.83 bits per heavy atom. The lowest BCUT2D eigenvalue weighted by molar-refractivity contribution is 0.0729. The van der Waals surface area contributed by atoms with Gasteiger partial charge in [-0.05, 0) is 42.8 Å². The molecule has 0 unspecified atom stereocenters. The van der Waals surface area contributed by atoms with Gasteiger partial charge in [-0.2, -0.15) is 4.31 Å². The first-order valence-electron chi connectivity index (χ1n) is 9.15. The number of carbonyl (C=O) groups excluding carboxylic acids is 1. The molecule has 0 aliphatic carbocycles. The van der Waals surface area contributed by atoms with Crippen LogP contribution >= 0.6 is 15.9 Å². The smallest absolute Gasteiger partial charge is 0.251 e. The fourth-order valence-electron chi connectivity index (χ4n) is 3.06. The van der Waals surface area contributed by atoms with Crippen molar-refractivity contribution in [2.24, 2.45) is 0 Å². The second-order valence-corrected chi connectivity index (χ2v) is 9.45. The highest BCUT2D eigenvalue weighted by Gasteiger charge is 2.30. The van der Waals surface area contributed by atoms with Gasteiger partial charge in [-0.25, -0.2) is 8.42 Å². The third kappa shape index (κ3) is 4.98. The van der Waals surface area contributed by atoms with Crippen LogP contribution in [0.5, 0.6) is 5.75 Å². The number of rotatable bonds is 6. The Morgan fingerprint density at radius 3 is 2.45 bits per heavy atom. The summed E-state index contributed by atoms with van der Waals surface area (Å²) < 4.78 is 38.9. The zero-order valence-corrected chi connectivity index (χ0v) is 18.6. The van der Waals surface area contributed by atoms with Gasteiger partial charge in [0.25, 0.3) is 5.91 Å². The number of amides is 1. The fourth-order valence-corrected chi connectivity index (χ4v) is 4.91. The molecule has 1 heterocycles. The first-order chi connectivity index (χ1) is 13.8. The minimum absolute atomic E-state index is 0.0224. The summed E-state index contributed by atoms with van der Waals surface area (Å²) in [6.45, 7) is 3.08. The lowest BCUT2D eigenvalue weighted by Gasteiger charge is -2.26. The van der Waals surface area contributed by atoms with Crippen molar-refractivity contribution < 1.29 is 22.7 Å². The molecule has 0 saturated carbocycles. The molecule has 1 N–H and O–H groups in total. The molecule has 1 aliphatic rings. The van der Waals surface area contributed by atoms with Crippen LogP contribution in [0.15, 0.2) is 51.8 Å². The predicted molar refractivity (Wildman–Crippen MR) is 113 cm³/mol. The highest BCUT2D eigenvalue weighted by atomic mass is 79.9. The summed E-state index contributed by atoms with van der Waals surface area (Å²) in [5.41, 5.74) is 1.19. The molecular weight excluding hydrogens is 460 g/mol. The maximum absolute atomic E-state index is 13.1. The number of hydrogen-bond acceptors (Lipinski definition) is 5. The number of sulfonamides is 1. The number of carbonyl (C=O) groups is 1. The second kappa shape index (κ2) is 9.25. The van der Waals surface area contributed by atoms with Crippen LogP contribution in [0, 0.1) is 0 Å². The molecule has 0 spiro atoms. The zero-order valence-electron chi connectivity index (χ0n) is 16.2. The first-order valence-corrected chi connectivity index (χ1v) is 11.4. The van der Waals surface area contributed by atoms with Crippen molar-refractivity contribution in [2.45, 2.75) is 17.9 Å². The first kappa shape index (κ1) is 21.8. The minimum atomic E-state index is -3.80. The number of nitrogens with zero attached hydrogens (tertiary/aromatic N) is 1. The van der Waals surface area contributed by atoms with Gasteiger partial charge < -0.3 is 14.8 Å². The molecule has 1 fully saturated rings. The van der Waals surface area contributed by atoms with Gasteiger partial charge in [-0.3, -0.25) is 4.79 Å². The summed E-state index contributed by atoms with van der Waals surface area (Å²) in [7, 11) is -2.40. The third-order valence-corrected chi connectivity index (χ3v) is 7.18. The molecule has 1 amide bonds. The standard InChI is InChI=1S/C20H23BrN2O5S/c1-14(15-3-6-17(21)7-4-15)22-20(24)16-5-8-18(27-2)19(13-16)29(25,26)23-9-11-28-12-10-23/h3-8,13-14H,9-12H2,1-2H3,(H,22,24)/t14-/m1/s1. The molecule has 1 saturated heterocycles. The number of nitrogens with one attached hydrogen (secondary N) is 1. The van der Waals surface area contributed by atoms with E-state index in [1.54, 1.807) is 6.07 Å². The van der Waals surface area contributed by atoms with Crippen LogP contribution in [0.4, 0.5) is 0 Å². The van der Waals surface area contributed by atoms with Gasteiger partial charge in [0.1, 0.15) is 10.6 Å². The summed E-state index contributed by atoms with van der Waals surface area (Å²) >= 11 is 3.39. The minimum Gasteiger partial charge on any atom is -0.495 e. The van der Waals surface area contributed by atoms with E-state index in [2.05, 4.69) is 21.2 Å². The normalized spacial score (nSPS) is 16.2. The summed E-state index contributed by atoms with van der Waals surface area (Å²) in [6.07, 6.45) is 0. The molecule has 0 radical (unpaired) electrons. The van der Waals surface area contributed by atoms with Gasteiger partial charge in [-0.1, -0.05) is 28.1 Å². The van der Waals surface area contributed by atoms with Gasteiger partial charge >= 0.3 is 0 Å². The number of halogens is 1. The summed E-state index contributed by atoms with van der Waals surface area (Å²) in [6, 6.07) is 11.8. The fraction of sp³-hybridized carbons (Fsp3) is 0.350. The topological polar surface area (TPSA) is 84.9 Å². The number of ether oxygens (including phenoxy) is 2. The van der Waals surface area contributed by atoms with E-state index in [-0.39, 0.29) is 41.2 Å². The van der Waals surface area contributed by atoms with Crippen LogP contribution in [-0.4, -0.2) is 52.0 Å². The van der Waals surface area contributed by atoms with Gasteiger partial charge in [0.2, 0.25) is 10.0 Å². The van der Waals surface area contributed by atoms with E-state index in [1.807, 2.05) is 31.2 Å². The average molecular weight is 483 g/mol. The van der Waals surface area contributed by atoms with Gasteiger partial charge in [0, 0.05) is 23.1 Å². The second-order valence-electron chi connectivity index (χ2n) is 6.63. The predicted octanol–water partition coefficient (Wildman–Crippen LogP) is 2.97. The van der Waals surface area contributed by atoms with E-state index < -0.39 is 10.0 Å². The van der Waals surface area contributed by atoms with E-state index in [1.165, 1.54) is 23.5 Å². The SMILES string of the molecule is COc1ccc(C(=O)N[C@H](C)c2ccc(Br)cc2)cc1S(=O)(=O)N1CCOCC1. The quantitative estimate of drug-likeness (QED) is 0.683. The molecule has 0 bridgehead atoms. The molecule has 9 heteroatoms. The maximum Gasteiger partial charge on any atom is 0.251 e. The van der Waals surface area contributed by atoms with Gasteiger partial charge in [0.05, 0.1) is 26.4 Å². The third-order valence-electron chi connectivity index (χ3n) is 4.73.